The molecule has 0 saturated heterocycles. The molecule has 34 N–H and O–H groups in total. The molecule has 0 fully saturated rings. The Labute approximate surface area is 768 Å². The van der Waals surface area contributed by atoms with Crippen molar-refractivity contribution >= 4 is 94.7 Å². The van der Waals surface area contributed by atoms with Crippen LogP contribution in [-0.2, 0) is 86.4 Å². The van der Waals surface area contributed by atoms with Gasteiger partial charge >= 0.3 is 5.97 Å². The SMILES string of the molecule is CC(C)C[C@H](NC(=O)[C@H](CO)NC(=O)[C@H](Cc1ccccc1)NC(=O)[C@H](CC(C)C)NC(=O)[C@H](CC(C)C)NC(=O)[C@H](CCCCN)NC(=O)[C@H](CCCCN)NC(=O)[C@H](Cc1ccccc1)NC(=O)[C@H](CC(C)C)NC(=O)[C@H](CCCN=C(N)N)NC(=O)[C@@H](N)CCCCN)C(=O)N[C@@H](CCCN=C(N)N)C(=O)N[C@@H](CCCCN)C(=O)N[C@@H](Cc1ccc(O)cc1)C(=O)O. The quantitative estimate of drug-likeness (QED) is 0.0164. The summed E-state index contributed by atoms with van der Waals surface area (Å²) in [6, 6.07) is 3.41. The van der Waals surface area contributed by atoms with Crippen LogP contribution in [0.3, 0.4) is 0 Å². The number of carbonyl (C=O) groups is 14. The van der Waals surface area contributed by atoms with Crippen molar-refractivity contribution in [1.82, 2.24) is 69.1 Å². The molecule has 0 bridgehead atoms. The molecule has 41 heteroatoms. The molecule has 131 heavy (non-hydrogen) atoms. The van der Waals surface area contributed by atoms with Crippen LogP contribution >= 0.6 is 0 Å². The van der Waals surface area contributed by atoms with E-state index in [-0.39, 0.29) is 164 Å². The van der Waals surface area contributed by atoms with Gasteiger partial charge in [0.25, 0.3) is 0 Å². The number of carboxylic acid groups (broad SMARTS) is 1. The van der Waals surface area contributed by atoms with Gasteiger partial charge < -0.3 is 136 Å². The molecule has 0 unspecified atom stereocenters. The second-order valence-electron chi connectivity index (χ2n) is 34.7. The summed E-state index contributed by atoms with van der Waals surface area (Å²) in [7, 11) is 0. The van der Waals surface area contributed by atoms with E-state index in [0.29, 0.717) is 81.0 Å². The molecule has 0 aliphatic rings. The maximum atomic E-state index is 15.0. The largest absolute Gasteiger partial charge is 0.508 e. The number of carboxylic acids is 1. The lowest BCUT2D eigenvalue weighted by Crippen LogP contribution is -2.61. The van der Waals surface area contributed by atoms with Gasteiger partial charge in [0, 0.05) is 32.4 Å². The zero-order chi connectivity index (χ0) is 97.7. The first-order valence-electron chi connectivity index (χ1n) is 45.5. The number of nitrogens with two attached hydrogens (primary N) is 9. The van der Waals surface area contributed by atoms with Gasteiger partial charge in [0.2, 0.25) is 76.8 Å². The van der Waals surface area contributed by atoms with E-state index >= 15 is 0 Å². The monoisotopic (exact) mass is 1840 g/mol. The summed E-state index contributed by atoms with van der Waals surface area (Å²) < 4.78 is 0. The molecule has 41 nitrogen and oxygen atoms in total. The molecular weight excluding hydrogens is 1690 g/mol. The number of phenolic OH excluding ortho intramolecular Hbond substituents is 1. The Morgan fingerprint density at radius 2 is 0.519 bits per heavy atom. The van der Waals surface area contributed by atoms with Gasteiger partial charge in [0.1, 0.15) is 84.3 Å². The molecule has 0 radical (unpaired) electrons. The minimum Gasteiger partial charge on any atom is -0.508 e. The Hall–Kier alpha value is -11.7. The van der Waals surface area contributed by atoms with Crippen molar-refractivity contribution in [3.63, 3.8) is 0 Å². The number of unbranched alkanes of at least 4 members (excludes halogenated alkanes) is 4. The second kappa shape index (κ2) is 62.6. The Kier molecular flexibility index (Phi) is 54.2. The molecule has 14 atom stereocenters. The number of nitrogens with one attached hydrogen (secondary N) is 13. The van der Waals surface area contributed by atoms with Crippen molar-refractivity contribution in [2.75, 3.05) is 45.9 Å². The van der Waals surface area contributed by atoms with Crippen LogP contribution in [0.2, 0.25) is 0 Å². The van der Waals surface area contributed by atoms with Crippen LogP contribution in [0.15, 0.2) is 94.9 Å². The number of aliphatic hydroxyl groups excluding tert-OH is 1. The number of aliphatic imine (C=N–C) groups is 2. The molecule has 3 aromatic carbocycles. The van der Waals surface area contributed by atoms with Gasteiger partial charge in [-0.3, -0.25) is 72.3 Å². The fraction of sp³-hybridized carbons (Fsp3) is 0.622. The number of rotatable bonds is 66. The molecule has 0 aliphatic heterocycles. The standard InChI is InChI=1S/C90H150N24O17/c1-53(2)45-67(81(123)106-66(34-24-44-101-90(98)99)77(119)104-64(32-18-22-42-94)80(122)113-73(88(130)131)51-59-35-37-60(116)38-36-59)110-87(129)74(52-115)114-86(128)72(50-58-27-13-10-14-28-58)112-84(126)70(48-56(7)8)109-82(124)68(46-54(3)4)107-78(120)63(31-17-21-41-93)103-76(118)62(30-16-20-40-92)105-85(127)71(49-57-25-11-9-12-26-57)111-83(125)69(47-55(5)6)108-79(121)65(33-23-43-100-89(96)97)102-75(117)61(95)29-15-19-39-91/h9-14,25-28,35-38,53-56,61-74,115-116H,15-24,29-34,39-52,91-95H2,1-8H3,(H,102,117)(H,103,118)(H,104,119)(H,105,127)(H,106,123)(H,107,120)(H,108,121)(H,109,124)(H,110,129)(H,111,125)(H,112,126)(H,113,122)(H,114,128)(H,130,131)(H4,96,97,100)(H4,98,99,101)/t61-,62-,63-,64-,65-,66-,67-,68-,69-,70-,71-,72-,73-,74-/m0/s1. The van der Waals surface area contributed by atoms with Gasteiger partial charge in [0.05, 0.1) is 12.6 Å². The highest BCUT2D eigenvalue weighted by Crippen LogP contribution is 2.19. The molecule has 3 rings (SSSR count). The van der Waals surface area contributed by atoms with Gasteiger partial charge in [-0.25, -0.2) is 4.79 Å². The molecule has 0 spiro atoms. The fourth-order valence-electron chi connectivity index (χ4n) is 14.2. The van der Waals surface area contributed by atoms with Gasteiger partial charge in [-0.2, -0.15) is 0 Å². The number of phenols is 1. The van der Waals surface area contributed by atoms with Crippen LogP contribution in [0.4, 0.5) is 0 Å². The summed E-state index contributed by atoms with van der Waals surface area (Å²) >= 11 is 0. The number of aliphatic carboxylic acids is 1. The van der Waals surface area contributed by atoms with Gasteiger partial charge in [-0.05, 0) is 201 Å². The average molecular weight is 1840 g/mol. The van der Waals surface area contributed by atoms with Crippen molar-refractivity contribution in [3.05, 3.63) is 102 Å². The maximum Gasteiger partial charge on any atom is 0.326 e. The van der Waals surface area contributed by atoms with Gasteiger partial charge in [-0.15, -0.1) is 0 Å². The molecule has 0 saturated carbocycles. The van der Waals surface area contributed by atoms with Crippen molar-refractivity contribution in [2.45, 2.75) is 288 Å². The lowest BCUT2D eigenvalue weighted by Gasteiger charge is -2.29. The van der Waals surface area contributed by atoms with Crippen molar-refractivity contribution in [3.8, 4) is 5.75 Å². The first kappa shape index (κ1) is 114. The fourth-order valence-corrected chi connectivity index (χ4v) is 14.2. The first-order valence-corrected chi connectivity index (χ1v) is 45.5. The summed E-state index contributed by atoms with van der Waals surface area (Å²) in [6.45, 7) is 14.4. The van der Waals surface area contributed by atoms with E-state index in [2.05, 4.69) is 79.1 Å². The van der Waals surface area contributed by atoms with Gasteiger partial charge in [0.15, 0.2) is 11.9 Å². The smallest absolute Gasteiger partial charge is 0.326 e. The van der Waals surface area contributed by atoms with Gasteiger partial charge in [-0.1, -0.05) is 135 Å². The van der Waals surface area contributed by atoms with E-state index < -0.39 is 174 Å². The van der Waals surface area contributed by atoms with Crippen LogP contribution < -0.4 is 121 Å². The van der Waals surface area contributed by atoms with Crippen LogP contribution in [0.25, 0.3) is 0 Å². The molecule has 0 heterocycles. The normalized spacial score (nSPS) is 14.5. The molecule has 732 valence electrons. The topological polar surface area (TPSA) is 715 Å². The summed E-state index contributed by atoms with van der Waals surface area (Å²) in [4.78, 5) is 210. The number of carbonyl (C=O) groups excluding carboxylic acids is 13. The summed E-state index contributed by atoms with van der Waals surface area (Å²) in [5, 5.41) is 66.1. The molecular formula is C90H150N24O17. The predicted octanol–water partition coefficient (Wildman–Crippen LogP) is -2.07. The zero-order valence-corrected chi connectivity index (χ0v) is 77.3. The molecule has 0 aromatic heterocycles. The number of aromatic hydroxyl groups is 1. The predicted molar refractivity (Wildman–Crippen MR) is 499 cm³/mol. The maximum absolute atomic E-state index is 15.0. The summed E-state index contributed by atoms with van der Waals surface area (Å²) in [6.07, 6.45) is 3.28. The number of amides is 13. The highest BCUT2D eigenvalue weighted by atomic mass is 16.4. The van der Waals surface area contributed by atoms with Crippen LogP contribution in [0.5, 0.6) is 5.75 Å². The third-order valence-corrected chi connectivity index (χ3v) is 21.2. The number of nitrogens with zero attached hydrogens (tertiary/aromatic N) is 2. The third-order valence-electron chi connectivity index (χ3n) is 21.2. The molecule has 0 aliphatic carbocycles. The third kappa shape index (κ3) is 46.1. The Bertz CT molecular complexity index is 4080. The van der Waals surface area contributed by atoms with E-state index in [0.717, 1.165) is 0 Å². The second-order valence-corrected chi connectivity index (χ2v) is 34.7. The highest BCUT2D eigenvalue weighted by Gasteiger charge is 2.39. The summed E-state index contributed by atoms with van der Waals surface area (Å²) in [5.41, 5.74) is 53.5. The lowest BCUT2D eigenvalue weighted by molar-refractivity contribution is -0.142. The number of benzene rings is 3. The van der Waals surface area contributed by atoms with Crippen LogP contribution in [-0.4, -0.2) is 240 Å². The van der Waals surface area contributed by atoms with Crippen molar-refractivity contribution in [1.29, 1.82) is 0 Å². The number of guanidine groups is 2. The Morgan fingerprint density at radius 3 is 0.802 bits per heavy atom. The van der Waals surface area contributed by atoms with Crippen LogP contribution in [0, 0.1) is 23.7 Å². The number of aliphatic hydroxyl groups is 1. The highest BCUT2D eigenvalue weighted by molar-refractivity contribution is 6.00. The first-order chi connectivity index (χ1) is 62.2. The Balaban J connectivity index is 2.01. The lowest BCUT2D eigenvalue weighted by atomic mass is 9.98. The summed E-state index contributed by atoms with van der Waals surface area (Å²) in [5.74, 6) is -14.0. The Morgan fingerprint density at radius 1 is 0.290 bits per heavy atom. The van der Waals surface area contributed by atoms with E-state index in [4.69, 9.17) is 51.6 Å². The average Bonchev–Trinajstić information content (AvgIpc) is 0.838. The van der Waals surface area contributed by atoms with E-state index in [9.17, 15) is 82.4 Å². The molecule has 13 amide bonds. The molecule has 3 aromatic rings. The minimum atomic E-state index is -1.80. The number of hydrogen-bond donors (Lipinski definition) is 25. The zero-order valence-electron chi connectivity index (χ0n) is 77.3. The van der Waals surface area contributed by atoms with Crippen molar-refractivity contribution in [2.24, 2.45) is 85.3 Å². The van der Waals surface area contributed by atoms with E-state index in [1.54, 1.807) is 102 Å². The minimum absolute atomic E-state index is 0.00531. The van der Waals surface area contributed by atoms with Crippen molar-refractivity contribution < 1.29 is 82.4 Å². The van der Waals surface area contributed by atoms with E-state index in [1.165, 1.54) is 24.3 Å². The van der Waals surface area contributed by atoms with Crippen LogP contribution in [0.1, 0.15) is 200 Å². The van der Waals surface area contributed by atoms with E-state index in [1.807, 2.05) is 13.8 Å². The number of hydrogen-bond acceptors (Lipinski definition) is 23.